The van der Waals surface area contributed by atoms with Crippen LogP contribution in [0.3, 0.4) is 0 Å². The molecule has 1 aliphatic rings. The maximum atomic E-state index is 12.3. The van der Waals surface area contributed by atoms with Gasteiger partial charge in [-0.05, 0) is 68.1 Å². The molecule has 2 aromatic rings. The van der Waals surface area contributed by atoms with Crippen LogP contribution in [0.1, 0.15) is 61.4 Å². The molecule has 31 heavy (non-hydrogen) atoms. The average Bonchev–Trinajstić information content (AvgIpc) is 3.31. The number of nitrogens with one attached hydrogen (secondary N) is 2. The number of ketones is 1. The molecule has 0 radical (unpaired) electrons. The Bertz CT molecular complexity index is 902. The second-order valence-electron chi connectivity index (χ2n) is 7.98. The van der Waals surface area contributed by atoms with Crippen LogP contribution in [-0.4, -0.2) is 24.2 Å². The summed E-state index contributed by atoms with van der Waals surface area (Å²) in [6, 6.07) is 14.6. The van der Waals surface area contributed by atoms with Crippen LogP contribution < -0.4 is 15.4 Å². The Morgan fingerprint density at radius 3 is 2.48 bits per heavy atom. The van der Waals surface area contributed by atoms with Crippen LogP contribution in [0.5, 0.6) is 5.75 Å². The zero-order chi connectivity index (χ0) is 22.1. The summed E-state index contributed by atoms with van der Waals surface area (Å²) in [5.41, 5.74) is 2.36. The van der Waals surface area contributed by atoms with Crippen molar-refractivity contribution in [2.45, 2.75) is 52.0 Å². The third-order valence-electron chi connectivity index (χ3n) is 5.49. The van der Waals surface area contributed by atoms with Crippen LogP contribution in [0, 0.1) is 5.92 Å². The first kappa shape index (κ1) is 22.5. The van der Waals surface area contributed by atoms with Crippen LogP contribution in [0.25, 0.3) is 0 Å². The molecule has 6 nitrogen and oxygen atoms in total. The maximum absolute atomic E-state index is 12.3. The molecule has 0 saturated heterocycles. The first-order valence-electron chi connectivity index (χ1n) is 10.9. The van der Waals surface area contributed by atoms with Crippen LogP contribution in [-0.2, 0) is 16.1 Å². The van der Waals surface area contributed by atoms with E-state index >= 15 is 0 Å². The van der Waals surface area contributed by atoms with Crippen LogP contribution in [0.2, 0.25) is 0 Å². The number of Topliss-reactive ketones (excluding diaryl/α,β-unsaturated/α-hetero) is 1. The van der Waals surface area contributed by atoms with Gasteiger partial charge in [0.1, 0.15) is 5.75 Å². The molecule has 0 aromatic heterocycles. The van der Waals surface area contributed by atoms with Gasteiger partial charge < -0.3 is 15.4 Å². The van der Waals surface area contributed by atoms with E-state index in [4.69, 9.17) is 4.74 Å². The molecule has 0 heterocycles. The van der Waals surface area contributed by atoms with Crippen LogP contribution in [0.4, 0.5) is 5.69 Å². The molecule has 1 fully saturated rings. The fraction of sp³-hybridized carbons (Fsp3) is 0.400. The van der Waals surface area contributed by atoms with Gasteiger partial charge in [0.25, 0.3) is 0 Å². The van der Waals surface area contributed by atoms with Crippen molar-refractivity contribution in [1.82, 2.24) is 5.32 Å². The van der Waals surface area contributed by atoms with Gasteiger partial charge in [0.2, 0.25) is 11.8 Å². The highest BCUT2D eigenvalue weighted by molar-refractivity contribution is 5.94. The molecule has 0 atom stereocenters. The monoisotopic (exact) mass is 422 g/mol. The lowest BCUT2D eigenvalue weighted by molar-refractivity contribution is -0.121. The highest BCUT2D eigenvalue weighted by Gasteiger charge is 2.22. The van der Waals surface area contributed by atoms with Crippen molar-refractivity contribution in [3.8, 4) is 5.75 Å². The van der Waals surface area contributed by atoms with Gasteiger partial charge in [-0.2, -0.15) is 0 Å². The lowest BCUT2D eigenvalue weighted by Crippen LogP contribution is -2.23. The van der Waals surface area contributed by atoms with Gasteiger partial charge in [0.15, 0.2) is 5.78 Å². The number of carbonyl (C=O) groups excluding carboxylic acids is 3. The van der Waals surface area contributed by atoms with Crippen molar-refractivity contribution in [2.75, 3.05) is 11.9 Å². The van der Waals surface area contributed by atoms with Gasteiger partial charge in [0, 0.05) is 30.1 Å². The molecule has 0 spiro atoms. The Morgan fingerprint density at radius 2 is 1.77 bits per heavy atom. The Morgan fingerprint density at radius 1 is 1.03 bits per heavy atom. The highest BCUT2D eigenvalue weighted by atomic mass is 16.5. The molecule has 2 N–H and O–H groups in total. The van der Waals surface area contributed by atoms with E-state index in [-0.39, 0.29) is 23.5 Å². The predicted octanol–water partition coefficient (Wildman–Crippen LogP) is 4.49. The van der Waals surface area contributed by atoms with E-state index in [1.165, 1.54) is 6.92 Å². The van der Waals surface area contributed by atoms with Crippen LogP contribution >= 0.6 is 0 Å². The number of anilines is 1. The summed E-state index contributed by atoms with van der Waals surface area (Å²) >= 11 is 0. The second kappa shape index (κ2) is 11.3. The van der Waals surface area contributed by atoms with E-state index in [1.54, 1.807) is 24.3 Å². The third kappa shape index (κ3) is 7.24. The van der Waals surface area contributed by atoms with Crippen molar-refractivity contribution >= 4 is 23.3 Å². The minimum absolute atomic E-state index is 0.0185. The van der Waals surface area contributed by atoms with Gasteiger partial charge in [-0.15, -0.1) is 0 Å². The summed E-state index contributed by atoms with van der Waals surface area (Å²) in [5, 5.41) is 5.90. The molecule has 2 amide bonds. The van der Waals surface area contributed by atoms with Gasteiger partial charge in [-0.3, -0.25) is 14.4 Å². The largest absolute Gasteiger partial charge is 0.494 e. The highest BCUT2D eigenvalue weighted by Crippen LogP contribution is 2.26. The smallest absolute Gasteiger partial charge is 0.227 e. The van der Waals surface area contributed by atoms with Crippen molar-refractivity contribution in [1.29, 1.82) is 0 Å². The molecule has 3 rings (SSSR count). The van der Waals surface area contributed by atoms with Crippen molar-refractivity contribution in [2.24, 2.45) is 5.92 Å². The van der Waals surface area contributed by atoms with E-state index < -0.39 is 0 Å². The van der Waals surface area contributed by atoms with Gasteiger partial charge in [-0.1, -0.05) is 25.0 Å². The summed E-state index contributed by atoms with van der Waals surface area (Å²) in [6.45, 7) is 2.37. The minimum atomic E-state index is -0.0454. The fourth-order valence-corrected chi connectivity index (χ4v) is 3.69. The third-order valence-corrected chi connectivity index (χ3v) is 5.49. The summed E-state index contributed by atoms with van der Waals surface area (Å²) in [4.78, 5) is 35.7. The molecular weight excluding hydrogens is 392 g/mol. The second-order valence-corrected chi connectivity index (χ2v) is 7.98. The molecule has 1 saturated carbocycles. The van der Waals surface area contributed by atoms with E-state index in [0.29, 0.717) is 37.3 Å². The van der Waals surface area contributed by atoms with Gasteiger partial charge in [-0.25, -0.2) is 0 Å². The first-order valence-corrected chi connectivity index (χ1v) is 10.9. The number of hydrogen-bond donors (Lipinski definition) is 2. The van der Waals surface area contributed by atoms with Gasteiger partial charge >= 0.3 is 0 Å². The zero-order valence-corrected chi connectivity index (χ0v) is 18.0. The molecular formula is C25H30N2O4. The molecule has 164 valence electrons. The molecule has 0 aliphatic heterocycles. The first-order chi connectivity index (χ1) is 15.0. The van der Waals surface area contributed by atoms with Crippen molar-refractivity contribution < 1.29 is 19.1 Å². The Kier molecular flexibility index (Phi) is 8.21. The molecule has 6 heteroatoms. The van der Waals surface area contributed by atoms with Crippen molar-refractivity contribution in [3.05, 3.63) is 59.7 Å². The van der Waals surface area contributed by atoms with Crippen molar-refractivity contribution in [3.63, 3.8) is 0 Å². The Balaban J connectivity index is 1.35. The Hall–Kier alpha value is -3.15. The number of amides is 2. The standard InChI is InChI=1S/C25H30N2O4/c1-18(28)20-11-13-23(14-12-20)31-15-5-10-24(29)26-17-19-6-4-9-22(16-19)27-25(30)21-7-2-3-8-21/h4,6,9,11-14,16,21H,2-3,5,7-8,10,15,17H2,1H3,(H,26,29)(H,27,30). The minimum Gasteiger partial charge on any atom is -0.494 e. The van der Waals surface area contributed by atoms with Gasteiger partial charge in [0.05, 0.1) is 6.61 Å². The number of carbonyl (C=O) groups is 3. The average molecular weight is 423 g/mol. The predicted molar refractivity (Wildman–Crippen MR) is 120 cm³/mol. The van der Waals surface area contributed by atoms with E-state index in [0.717, 1.165) is 36.9 Å². The SMILES string of the molecule is CC(=O)c1ccc(OCCCC(=O)NCc2cccc(NC(=O)C3CCCC3)c2)cc1. The summed E-state index contributed by atoms with van der Waals surface area (Å²) in [5.74, 6) is 0.870. The zero-order valence-electron chi connectivity index (χ0n) is 18.0. The molecule has 0 bridgehead atoms. The molecule has 0 unspecified atom stereocenters. The molecule has 2 aromatic carbocycles. The fourth-order valence-electron chi connectivity index (χ4n) is 3.69. The summed E-state index contributed by atoms with van der Waals surface area (Å²) in [7, 11) is 0. The number of benzene rings is 2. The number of hydrogen-bond acceptors (Lipinski definition) is 4. The lowest BCUT2D eigenvalue weighted by Gasteiger charge is -2.12. The van der Waals surface area contributed by atoms with Crippen LogP contribution in [0.15, 0.2) is 48.5 Å². The summed E-state index contributed by atoms with van der Waals surface area (Å²) < 4.78 is 5.62. The quantitative estimate of drug-likeness (QED) is 0.436. The number of ether oxygens (including phenoxy) is 1. The topological polar surface area (TPSA) is 84.5 Å². The van der Waals surface area contributed by atoms with E-state index in [2.05, 4.69) is 10.6 Å². The summed E-state index contributed by atoms with van der Waals surface area (Å²) in [6.07, 6.45) is 5.15. The normalized spacial score (nSPS) is 13.6. The Labute approximate surface area is 183 Å². The molecule has 1 aliphatic carbocycles. The van der Waals surface area contributed by atoms with E-state index in [1.807, 2.05) is 24.3 Å². The van der Waals surface area contributed by atoms with E-state index in [9.17, 15) is 14.4 Å². The maximum Gasteiger partial charge on any atom is 0.227 e. The lowest BCUT2D eigenvalue weighted by atomic mass is 10.1. The number of rotatable bonds is 10.